The molecule has 0 saturated carbocycles. The Hall–Kier alpha value is -1.06. The van der Waals surface area contributed by atoms with Gasteiger partial charge in [-0.3, -0.25) is 0 Å². The number of hydrogen-bond acceptors (Lipinski definition) is 3. The van der Waals surface area contributed by atoms with E-state index in [9.17, 15) is 5.11 Å². The van der Waals surface area contributed by atoms with E-state index in [1.54, 1.807) is 0 Å². The van der Waals surface area contributed by atoms with Crippen LogP contribution in [0.5, 0.6) is 5.75 Å². The molecule has 108 valence electrons. The predicted molar refractivity (Wildman–Crippen MR) is 79.7 cm³/mol. The summed E-state index contributed by atoms with van der Waals surface area (Å²) in [5.41, 5.74) is 1.10. The molecule has 0 saturated heterocycles. The van der Waals surface area contributed by atoms with Gasteiger partial charge in [0.05, 0.1) is 13.2 Å². The second kappa shape index (κ2) is 8.18. The molecular formula is C16H27NO2. The second-order valence-electron chi connectivity index (χ2n) is 5.31. The largest absolute Gasteiger partial charge is 0.494 e. The maximum Gasteiger partial charge on any atom is 0.119 e. The third-order valence-corrected chi connectivity index (χ3v) is 3.62. The summed E-state index contributed by atoms with van der Waals surface area (Å²) in [4.78, 5) is 0. The minimum Gasteiger partial charge on any atom is -0.494 e. The molecule has 1 aromatic rings. The molecule has 0 spiro atoms. The highest BCUT2D eigenvalue weighted by Gasteiger charge is 2.20. The minimum absolute atomic E-state index is 0.114. The Kier molecular flexibility index (Phi) is 6.89. The van der Waals surface area contributed by atoms with Crippen LogP contribution in [-0.2, 0) is 6.42 Å². The van der Waals surface area contributed by atoms with Crippen LogP contribution in [0.15, 0.2) is 24.3 Å². The number of hydrogen-bond donors (Lipinski definition) is 2. The second-order valence-corrected chi connectivity index (χ2v) is 5.31. The molecule has 1 unspecified atom stereocenters. The van der Waals surface area contributed by atoms with Crippen molar-refractivity contribution in [2.24, 2.45) is 0 Å². The fourth-order valence-electron chi connectivity index (χ4n) is 1.81. The van der Waals surface area contributed by atoms with Gasteiger partial charge in [-0.15, -0.1) is 0 Å². The number of rotatable bonds is 9. The molecule has 0 heterocycles. The van der Waals surface area contributed by atoms with Crippen molar-refractivity contribution in [1.82, 2.24) is 5.32 Å². The normalized spacial score (nSPS) is 14.1. The van der Waals surface area contributed by atoms with Gasteiger partial charge >= 0.3 is 0 Å². The molecule has 0 aliphatic rings. The van der Waals surface area contributed by atoms with E-state index in [2.05, 4.69) is 24.4 Å². The van der Waals surface area contributed by atoms with Crippen molar-refractivity contribution >= 4 is 0 Å². The zero-order valence-corrected chi connectivity index (χ0v) is 12.4. The van der Waals surface area contributed by atoms with Gasteiger partial charge < -0.3 is 15.2 Å². The molecule has 3 heteroatoms. The zero-order chi connectivity index (χ0) is 14.1. The van der Waals surface area contributed by atoms with Crippen molar-refractivity contribution in [3.8, 4) is 5.75 Å². The van der Waals surface area contributed by atoms with Crippen molar-refractivity contribution in [1.29, 1.82) is 0 Å². The smallest absolute Gasteiger partial charge is 0.119 e. The Morgan fingerprint density at radius 1 is 1.26 bits per heavy atom. The molecule has 1 aromatic carbocycles. The summed E-state index contributed by atoms with van der Waals surface area (Å²) >= 11 is 0. The van der Waals surface area contributed by atoms with E-state index in [4.69, 9.17) is 4.74 Å². The van der Waals surface area contributed by atoms with E-state index >= 15 is 0 Å². The summed E-state index contributed by atoms with van der Waals surface area (Å²) in [7, 11) is 1.86. The van der Waals surface area contributed by atoms with Gasteiger partial charge in [0.15, 0.2) is 0 Å². The highest BCUT2D eigenvalue weighted by Crippen LogP contribution is 2.15. The summed E-state index contributed by atoms with van der Waals surface area (Å²) in [6.45, 7) is 4.91. The lowest BCUT2D eigenvalue weighted by Crippen LogP contribution is -2.44. The lowest BCUT2D eigenvalue weighted by Gasteiger charge is -2.26. The van der Waals surface area contributed by atoms with Gasteiger partial charge in [0.2, 0.25) is 0 Å². The number of likely N-dealkylation sites (N-methyl/N-ethyl adjacent to an activating group) is 1. The van der Waals surface area contributed by atoms with Gasteiger partial charge in [0.1, 0.15) is 5.75 Å². The summed E-state index contributed by atoms with van der Waals surface area (Å²) in [5.74, 6) is 0.900. The first-order chi connectivity index (χ1) is 9.13. The van der Waals surface area contributed by atoms with Crippen LogP contribution < -0.4 is 10.1 Å². The van der Waals surface area contributed by atoms with Crippen LogP contribution in [0.4, 0.5) is 0 Å². The molecule has 0 aliphatic heterocycles. The van der Waals surface area contributed by atoms with Crippen LogP contribution in [0.25, 0.3) is 0 Å². The third-order valence-electron chi connectivity index (χ3n) is 3.62. The Morgan fingerprint density at radius 3 is 2.47 bits per heavy atom. The van der Waals surface area contributed by atoms with Gasteiger partial charge in [-0.2, -0.15) is 0 Å². The van der Waals surface area contributed by atoms with Crippen molar-refractivity contribution in [3.05, 3.63) is 29.8 Å². The van der Waals surface area contributed by atoms with E-state index in [0.29, 0.717) is 6.61 Å². The Labute approximate surface area is 117 Å². The molecule has 0 aliphatic carbocycles. The molecule has 1 atom stereocenters. The van der Waals surface area contributed by atoms with Crippen molar-refractivity contribution in [2.45, 2.75) is 45.1 Å². The van der Waals surface area contributed by atoms with Crippen molar-refractivity contribution in [3.63, 3.8) is 0 Å². The monoisotopic (exact) mass is 265 g/mol. The average molecular weight is 265 g/mol. The summed E-state index contributed by atoms with van der Waals surface area (Å²) in [6, 6.07) is 8.32. The van der Waals surface area contributed by atoms with Crippen LogP contribution >= 0.6 is 0 Å². The first-order valence-corrected chi connectivity index (χ1v) is 7.15. The summed E-state index contributed by atoms with van der Waals surface area (Å²) in [5, 5.41) is 12.4. The topological polar surface area (TPSA) is 41.5 Å². The number of aryl methyl sites for hydroxylation is 1. The van der Waals surface area contributed by atoms with E-state index in [0.717, 1.165) is 18.6 Å². The standard InChI is InChI=1S/C16H27NO2/c1-4-5-6-14-7-9-15(10-8-14)19-12-11-16(2,13-18)17-3/h7-10,17-18H,4-6,11-13H2,1-3H3. The third kappa shape index (κ3) is 5.62. The zero-order valence-electron chi connectivity index (χ0n) is 12.4. The molecule has 2 N–H and O–H groups in total. The molecule has 19 heavy (non-hydrogen) atoms. The van der Waals surface area contributed by atoms with E-state index < -0.39 is 0 Å². The van der Waals surface area contributed by atoms with E-state index in [1.165, 1.54) is 18.4 Å². The fourth-order valence-corrected chi connectivity index (χ4v) is 1.81. The first-order valence-electron chi connectivity index (χ1n) is 7.15. The maximum atomic E-state index is 9.28. The van der Waals surface area contributed by atoms with Crippen LogP contribution in [0.2, 0.25) is 0 Å². The molecule has 0 fully saturated rings. The van der Waals surface area contributed by atoms with Crippen LogP contribution in [0.1, 0.15) is 38.7 Å². The number of aliphatic hydroxyl groups excluding tert-OH is 1. The molecule has 0 aromatic heterocycles. The van der Waals surface area contributed by atoms with Crippen LogP contribution in [-0.4, -0.2) is 30.9 Å². The molecule has 0 radical (unpaired) electrons. The SMILES string of the molecule is CCCCc1ccc(OCCC(C)(CO)NC)cc1. The highest BCUT2D eigenvalue weighted by molar-refractivity contribution is 5.27. The lowest BCUT2D eigenvalue weighted by molar-refractivity contribution is 0.151. The van der Waals surface area contributed by atoms with E-state index in [-0.39, 0.29) is 12.1 Å². The Balaban J connectivity index is 2.37. The van der Waals surface area contributed by atoms with Crippen molar-refractivity contribution in [2.75, 3.05) is 20.3 Å². The average Bonchev–Trinajstić information content (AvgIpc) is 2.46. The molecule has 1 rings (SSSR count). The molecule has 0 bridgehead atoms. The number of unbranched alkanes of at least 4 members (excludes halogenated alkanes) is 1. The summed E-state index contributed by atoms with van der Waals surface area (Å²) in [6.07, 6.45) is 4.37. The number of aliphatic hydroxyl groups is 1. The quantitative estimate of drug-likeness (QED) is 0.721. The minimum atomic E-state index is -0.263. The van der Waals surface area contributed by atoms with Crippen molar-refractivity contribution < 1.29 is 9.84 Å². The number of nitrogens with one attached hydrogen (secondary N) is 1. The highest BCUT2D eigenvalue weighted by atomic mass is 16.5. The van der Waals surface area contributed by atoms with Gasteiger partial charge in [0.25, 0.3) is 0 Å². The number of ether oxygens (including phenoxy) is 1. The maximum absolute atomic E-state index is 9.28. The predicted octanol–water partition coefficient (Wildman–Crippen LogP) is 2.77. The van der Waals surface area contributed by atoms with Gasteiger partial charge in [-0.05, 0) is 44.5 Å². The molecular weight excluding hydrogens is 238 g/mol. The Bertz CT molecular complexity index is 344. The molecule has 0 amide bonds. The van der Waals surface area contributed by atoms with Gasteiger partial charge in [-0.1, -0.05) is 25.5 Å². The number of benzene rings is 1. The lowest BCUT2D eigenvalue weighted by atomic mass is 10.0. The first kappa shape index (κ1) is 16.0. The molecule has 3 nitrogen and oxygen atoms in total. The Morgan fingerprint density at radius 2 is 1.95 bits per heavy atom. The van der Waals surface area contributed by atoms with Crippen LogP contribution in [0.3, 0.4) is 0 Å². The van der Waals surface area contributed by atoms with E-state index in [1.807, 2.05) is 26.1 Å². The fraction of sp³-hybridized carbons (Fsp3) is 0.625. The van der Waals surface area contributed by atoms with Crippen LogP contribution in [0, 0.1) is 0 Å². The summed E-state index contributed by atoms with van der Waals surface area (Å²) < 4.78 is 5.71. The van der Waals surface area contributed by atoms with Gasteiger partial charge in [0, 0.05) is 12.0 Å². The van der Waals surface area contributed by atoms with Gasteiger partial charge in [-0.25, -0.2) is 0 Å².